The second kappa shape index (κ2) is 8.05. The molecule has 29 heavy (non-hydrogen) atoms. The van der Waals surface area contributed by atoms with Crippen molar-refractivity contribution in [3.8, 4) is 5.75 Å². The molecule has 0 unspecified atom stereocenters. The highest BCUT2D eigenvalue weighted by molar-refractivity contribution is 7.09. The number of benzene rings is 2. The summed E-state index contributed by atoms with van der Waals surface area (Å²) in [5, 5.41) is 5.39. The smallest absolute Gasteiger partial charge is 0.271 e. The number of rotatable bonds is 5. The molecular formula is C22H21N3O3S. The van der Waals surface area contributed by atoms with Gasteiger partial charge in [0.05, 0.1) is 18.3 Å². The Labute approximate surface area is 173 Å². The van der Waals surface area contributed by atoms with Gasteiger partial charge in [0.15, 0.2) is 6.61 Å². The molecule has 0 spiro atoms. The fraction of sp³-hybridized carbons (Fsp3) is 0.227. The van der Waals surface area contributed by atoms with E-state index in [1.807, 2.05) is 62.4 Å². The summed E-state index contributed by atoms with van der Waals surface area (Å²) in [4.78, 5) is 31.1. The van der Waals surface area contributed by atoms with Crippen molar-refractivity contribution < 1.29 is 14.3 Å². The standard InChI is InChI=1S/C22H21N3O3S/c1-14-8-9-19-18(10-14)25(21(26)12-28-19)11-20-24-17(13-29-20)22(27)23-15(2)16-6-4-3-5-7-16/h3-10,13,15H,11-12H2,1-2H3,(H,23,27)/t15-/m1/s1. The lowest BCUT2D eigenvalue weighted by molar-refractivity contribution is -0.121. The molecule has 1 N–H and O–H groups in total. The Morgan fingerprint density at radius 1 is 1.28 bits per heavy atom. The van der Waals surface area contributed by atoms with Crippen LogP contribution in [0.15, 0.2) is 53.9 Å². The SMILES string of the molecule is Cc1ccc2c(c1)N(Cc1nc(C(=O)N[C@H](C)c3ccccc3)cs1)C(=O)CO2. The molecule has 0 bridgehead atoms. The number of thiazole rings is 1. The highest BCUT2D eigenvalue weighted by atomic mass is 32.1. The number of ether oxygens (including phenoxy) is 1. The zero-order chi connectivity index (χ0) is 20.4. The van der Waals surface area contributed by atoms with E-state index in [-0.39, 0.29) is 24.5 Å². The van der Waals surface area contributed by atoms with E-state index in [1.54, 1.807) is 10.3 Å². The molecule has 0 saturated carbocycles. The van der Waals surface area contributed by atoms with Crippen molar-refractivity contribution in [1.82, 2.24) is 10.3 Å². The van der Waals surface area contributed by atoms with Gasteiger partial charge in [0.1, 0.15) is 16.5 Å². The quantitative estimate of drug-likeness (QED) is 0.697. The van der Waals surface area contributed by atoms with Crippen LogP contribution in [0, 0.1) is 6.92 Å². The topological polar surface area (TPSA) is 71.5 Å². The molecule has 0 radical (unpaired) electrons. The third-order valence-electron chi connectivity index (χ3n) is 4.78. The van der Waals surface area contributed by atoms with E-state index in [1.165, 1.54) is 11.3 Å². The lowest BCUT2D eigenvalue weighted by atomic mass is 10.1. The lowest BCUT2D eigenvalue weighted by Gasteiger charge is -2.29. The van der Waals surface area contributed by atoms with E-state index in [9.17, 15) is 9.59 Å². The predicted octanol–water partition coefficient (Wildman–Crippen LogP) is 3.87. The molecule has 2 amide bonds. The Balaban J connectivity index is 1.48. The number of hydrogen-bond acceptors (Lipinski definition) is 5. The van der Waals surface area contributed by atoms with Gasteiger partial charge < -0.3 is 10.1 Å². The molecule has 0 aliphatic carbocycles. The maximum absolute atomic E-state index is 12.6. The van der Waals surface area contributed by atoms with E-state index in [0.717, 1.165) is 16.8 Å². The fourth-order valence-electron chi connectivity index (χ4n) is 3.20. The fourth-order valence-corrected chi connectivity index (χ4v) is 3.97. The average Bonchev–Trinajstić information content (AvgIpc) is 3.20. The van der Waals surface area contributed by atoms with Crippen LogP contribution in [0.3, 0.4) is 0 Å². The van der Waals surface area contributed by atoms with Gasteiger partial charge in [-0.15, -0.1) is 11.3 Å². The first-order chi connectivity index (χ1) is 14.0. The Hall–Kier alpha value is -3.19. The van der Waals surface area contributed by atoms with Crippen LogP contribution in [0.1, 0.15) is 39.6 Å². The summed E-state index contributed by atoms with van der Waals surface area (Å²) in [5.41, 5.74) is 3.17. The van der Waals surface area contributed by atoms with Gasteiger partial charge in [-0.25, -0.2) is 4.98 Å². The van der Waals surface area contributed by atoms with Crippen molar-refractivity contribution in [2.75, 3.05) is 11.5 Å². The van der Waals surface area contributed by atoms with Gasteiger partial charge in [0, 0.05) is 5.38 Å². The third kappa shape index (κ3) is 4.14. The van der Waals surface area contributed by atoms with Gasteiger partial charge in [-0.1, -0.05) is 36.4 Å². The second-order valence-electron chi connectivity index (χ2n) is 6.97. The summed E-state index contributed by atoms with van der Waals surface area (Å²) >= 11 is 1.37. The Morgan fingerprint density at radius 3 is 2.86 bits per heavy atom. The maximum Gasteiger partial charge on any atom is 0.271 e. The molecule has 6 nitrogen and oxygen atoms in total. The van der Waals surface area contributed by atoms with Gasteiger partial charge in [-0.05, 0) is 37.1 Å². The first kappa shape index (κ1) is 19.1. The first-order valence-electron chi connectivity index (χ1n) is 9.35. The molecular weight excluding hydrogens is 386 g/mol. The number of fused-ring (bicyclic) bond motifs is 1. The predicted molar refractivity (Wildman–Crippen MR) is 112 cm³/mol. The Morgan fingerprint density at radius 2 is 2.07 bits per heavy atom. The first-order valence-corrected chi connectivity index (χ1v) is 10.2. The number of nitrogens with one attached hydrogen (secondary N) is 1. The minimum Gasteiger partial charge on any atom is -0.482 e. The molecule has 2 aromatic carbocycles. The van der Waals surface area contributed by atoms with Crippen molar-refractivity contribution in [1.29, 1.82) is 0 Å². The van der Waals surface area contributed by atoms with Crippen molar-refractivity contribution in [3.05, 3.63) is 75.7 Å². The molecule has 3 aromatic rings. The number of nitrogens with zero attached hydrogens (tertiary/aromatic N) is 2. The van der Waals surface area contributed by atoms with Crippen LogP contribution in [0.5, 0.6) is 5.75 Å². The van der Waals surface area contributed by atoms with Crippen LogP contribution < -0.4 is 15.0 Å². The third-order valence-corrected chi connectivity index (χ3v) is 5.62. The lowest BCUT2D eigenvalue weighted by Crippen LogP contribution is -2.38. The minimum atomic E-state index is -0.228. The van der Waals surface area contributed by atoms with Gasteiger partial charge in [0.25, 0.3) is 11.8 Å². The van der Waals surface area contributed by atoms with E-state index in [2.05, 4.69) is 10.3 Å². The Kier molecular flexibility index (Phi) is 5.31. The van der Waals surface area contributed by atoms with E-state index in [4.69, 9.17) is 4.74 Å². The summed E-state index contributed by atoms with van der Waals surface area (Å²) in [6, 6.07) is 15.4. The maximum atomic E-state index is 12.6. The van der Waals surface area contributed by atoms with Gasteiger partial charge >= 0.3 is 0 Å². The van der Waals surface area contributed by atoms with E-state index < -0.39 is 0 Å². The molecule has 2 heterocycles. The zero-order valence-electron chi connectivity index (χ0n) is 16.2. The van der Waals surface area contributed by atoms with Gasteiger partial charge in [0.2, 0.25) is 0 Å². The molecule has 4 rings (SSSR count). The monoisotopic (exact) mass is 407 g/mol. The second-order valence-corrected chi connectivity index (χ2v) is 7.91. The van der Waals surface area contributed by atoms with Crippen LogP contribution in [0.4, 0.5) is 5.69 Å². The van der Waals surface area contributed by atoms with Crippen LogP contribution in [0.2, 0.25) is 0 Å². The zero-order valence-corrected chi connectivity index (χ0v) is 17.0. The number of amides is 2. The summed E-state index contributed by atoms with van der Waals surface area (Å²) in [6.45, 7) is 4.22. The number of hydrogen-bond donors (Lipinski definition) is 1. The summed E-state index contributed by atoms with van der Waals surface area (Å²) in [5.74, 6) is 0.330. The average molecular weight is 407 g/mol. The van der Waals surface area contributed by atoms with Gasteiger partial charge in [-0.2, -0.15) is 0 Å². The number of aromatic nitrogens is 1. The number of carbonyl (C=O) groups is 2. The van der Waals surface area contributed by atoms with Crippen molar-refractivity contribution >= 4 is 28.8 Å². The minimum absolute atomic E-state index is 0.00334. The molecule has 0 fully saturated rings. The summed E-state index contributed by atoms with van der Waals surface area (Å²) < 4.78 is 5.52. The van der Waals surface area contributed by atoms with Crippen molar-refractivity contribution in [2.45, 2.75) is 26.4 Å². The molecule has 1 aromatic heterocycles. The summed E-state index contributed by atoms with van der Waals surface area (Å²) in [7, 11) is 0. The van der Waals surface area contributed by atoms with Crippen molar-refractivity contribution in [3.63, 3.8) is 0 Å². The van der Waals surface area contributed by atoms with Crippen LogP contribution in [-0.4, -0.2) is 23.4 Å². The van der Waals surface area contributed by atoms with Crippen LogP contribution >= 0.6 is 11.3 Å². The normalized spacial score (nSPS) is 14.1. The Bertz CT molecular complexity index is 1050. The summed E-state index contributed by atoms with van der Waals surface area (Å²) in [6.07, 6.45) is 0. The molecule has 7 heteroatoms. The molecule has 1 aliphatic heterocycles. The highest BCUT2D eigenvalue weighted by Gasteiger charge is 2.27. The molecule has 148 valence electrons. The van der Waals surface area contributed by atoms with E-state index >= 15 is 0 Å². The van der Waals surface area contributed by atoms with Crippen LogP contribution in [-0.2, 0) is 11.3 Å². The highest BCUT2D eigenvalue weighted by Crippen LogP contribution is 2.34. The largest absolute Gasteiger partial charge is 0.482 e. The molecule has 1 aliphatic rings. The molecule has 0 saturated heterocycles. The molecule has 1 atom stereocenters. The van der Waals surface area contributed by atoms with Crippen LogP contribution in [0.25, 0.3) is 0 Å². The van der Waals surface area contributed by atoms with Gasteiger partial charge in [-0.3, -0.25) is 14.5 Å². The number of anilines is 1. The number of aryl methyl sites for hydroxylation is 1. The van der Waals surface area contributed by atoms with Crippen molar-refractivity contribution in [2.24, 2.45) is 0 Å². The number of carbonyl (C=O) groups excluding carboxylic acids is 2. The van der Waals surface area contributed by atoms with E-state index in [0.29, 0.717) is 23.0 Å².